The Morgan fingerprint density at radius 1 is 1.36 bits per heavy atom. The minimum Gasteiger partial charge on any atom is -0.469 e. The van der Waals surface area contributed by atoms with Crippen LogP contribution < -0.4 is 10.6 Å². The molecule has 0 unspecified atom stereocenters. The van der Waals surface area contributed by atoms with E-state index in [1.54, 1.807) is 17.6 Å². The molecule has 0 aliphatic rings. The third kappa shape index (κ3) is 7.13. The fourth-order valence-corrected chi connectivity index (χ4v) is 2.38. The van der Waals surface area contributed by atoms with Crippen LogP contribution >= 0.6 is 35.3 Å². The molecule has 2 aromatic heterocycles. The molecule has 0 aliphatic heterocycles. The first-order valence-electron chi connectivity index (χ1n) is 6.94. The molecule has 0 saturated carbocycles. The van der Waals surface area contributed by atoms with Gasteiger partial charge in [-0.25, -0.2) is 4.99 Å². The van der Waals surface area contributed by atoms with Gasteiger partial charge in [0, 0.05) is 19.5 Å². The van der Waals surface area contributed by atoms with E-state index in [0.29, 0.717) is 6.54 Å². The zero-order valence-electron chi connectivity index (χ0n) is 12.7. The predicted molar refractivity (Wildman–Crippen MR) is 104 cm³/mol. The number of aliphatic imine (C=N–C) groups is 1. The van der Waals surface area contributed by atoms with E-state index in [9.17, 15) is 0 Å². The smallest absolute Gasteiger partial charge is 0.191 e. The van der Waals surface area contributed by atoms with Crippen molar-refractivity contribution in [1.29, 1.82) is 0 Å². The Labute approximate surface area is 152 Å². The van der Waals surface area contributed by atoms with Crippen molar-refractivity contribution >= 4 is 41.3 Å². The highest BCUT2D eigenvalue weighted by molar-refractivity contribution is 14.0. The van der Waals surface area contributed by atoms with Crippen LogP contribution in [0.3, 0.4) is 0 Å². The van der Waals surface area contributed by atoms with Crippen molar-refractivity contribution in [2.24, 2.45) is 4.99 Å². The van der Waals surface area contributed by atoms with E-state index in [-0.39, 0.29) is 24.0 Å². The van der Waals surface area contributed by atoms with Crippen LogP contribution in [-0.4, -0.2) is 19.0 Å². The standard InChI is InChI=1S/C16H21N3OS.HI/c1-13(2)10-18-16(19-11-14-6-9-21-12-14)17-7-5-15-4-3-8-20-15;/h3-4,6,8-9,12H,1,5,7,10-11H2,2H3,(H2,17,18,19);1H. The van der Waals surface area contributed by atoms with Crippen molar-refractivity contribution < 1.29 is 4.42 Å². The molecule has 2 rings (SSSR count). The highest BCUT2D eigenvalue weighted by Gasteiger charge is 2.01. The fraction of sp³-hybridized carbons (Fsp3) is 0.312. The number of nitrogens with zero attached hydrogens (tertiary/aromatic N) is 1. The average molecular weight is 431 g/mol. The van der Waals surface area contributed by atoms with Crippen LogP contribution in [0.4, 0.5) is 0 Å². The molecule has 0 bridgehead atoms. The van der Waals surface area contributed by atoms with Gasteiger partial charge in [-0.1, -0.05) is 12.2 Å². The van der Waals surface area contributed by atoms with Crippen LogP contribution in [0.5, 0.6) is 0 Å². The Morgan fingerprint density at radius 2 is 2.23 bits per heavy atom. The SMILES string of the molecule is C=C(C)CNC(=NCc1ccsc1)NCCc1ccco1.I. The Bertz CT molecular complexity index is 564. The van der Waals surface area contributed by atoms with E-state index in [4.69, 9.17) is 4.42 Å². The molecule has 0 aromatic carbocycles. The molecule has 6 heteroatoms. The van der Waals surface area contributed by atoms with E-state index in [1.165, 1.54) is 5.56 Å². The molecule has 4 nitrogen and oxygen atoms in total. The Balaban J connectivity index is 0.00000242. The molecule has 120 valence electrons. The number of rotatable bonds is 7. The maximum Gasteiger partial charge on any atom is 0.191 e. The first-order chi connectivity index (χ1) is 10.2. The number of thiophene rings is 1. The number of furan rings is 1. The number of nitrogens with one attached hydrogen (secondary N) is 2. The van der Waals surface area contributed by atoms with Gasteiger partial charge in [-0.2, -0.15) is 11.3 Å². The van der Waals surface area contributed by atoms with E-state index < -0.39 is 0 Å². The van der Waals surface area contributed by atoms with Crippen molar-refractivity contribution in [2.75, 3.05) is 13.1 Å². The van der Waals surface area contributed by atoms with Gasteiger partial charge in [-0.05, 0) is 41.4 Å². The van der Waals surface area contributed by atoms with Gasteiger partial charge in [0.2, 0.25) is 0 Å². The van der Waals surface area contributed by atoms with E-state index in [0.717, 1.165) is 36.8 Å². The molecule has 0 amide bonds. The summed E-state index contributed by atoms with van der Waals surface area (Å²) in [4.78, 5) is 4.59. The maximum absolute atomic E-state index is 5.32. The van der Waals surface area contributed by atoms with Crippen LogP contribution in [-0.2, 0) is 13.0 Å². The second kappa shape index (κ2) is 10.4. The monoisotopic (exact) mass is 431 g/mol. The maximum atomic E-state index is 5.32. The summed E-state index contributed by atoms with van der Waals surface area (Å²) >= 11 is 1.69. The lowest BCUT2D eigenvalue weighted by Gasteiger charge is -2.12. The zero-order valence-corrected chi connectivity index (χ0v) is 15.8. The molecule has 0 fully saturated rings. The van der Waals surface area contributed by atoms with E-state index in [1.807, 2.05) is 19.1 Å². The molecule has 0 radical (unpaired) electrons. The second-order valence-corrected chi connectivity index (χ2v) is 5.64. The van der Waals surface area contributed by atoms with Gasteiger partial charge in [0.1, 0.15) is 5.76 Å². The molecule has 0 atom stereocenters. The van der Waals surface area contributed by atoms with Gasteiger partial charge in [0.05, 0.1) is 12.8 Å². The van der Waals surface area contributed by atoms with E-state index in [2.05, 4.69) is 39.0 Å². The van der Waals surface area contributed by atoms with Gasteiger partial charge in [-0.3, -0.25) is 0 Å². The summed E-state index contributed by atoms with van der Waals surface area (Å²) in [7, 11) is 0. The minimum atomic E-state index is 0. The van der Waals surface area contributed by atoms with Crippen LogP contribution in [0.15, 0.2) is 56.8 Å². The third-order valence-corrected chi connectivity index (χ3v) is 3.53. The zero-order chi connectivity index (χ0) is 14.9. The van der Waals surface area contributed by atoms with Gasteiger partial charge < -0.3 is 15.1 Å². The van der Waals surface area contributed by atoms with Gasteiger partial charge in [0.25, 0.3) is 0 Å². The largest absolute Gasteiger partial charge is 0.469 e. The van der Waals surface area contributed by atoms with E-state index >= 15 is 0 Å². The number of hydrogen-bond donors (Lipinski definition) is 2. The lowest BCUT2D eigenvalue weighted by molar-refractivity contribution is 0.507. The fourth-order valence-electron chi connectivity index (χ4n) is 1.72. The van der Waals surface area contributed by atoms with Gasteiger partial charge in [0.15, 0.2) is 5.96 Å². The number of hydrogen-bond acceptors (Lipinski definition) is 3. The van der Waals surface area contributed by atoms with Crippen LogP contribution in [0.2, 0.25) is 0 Å². The Kier molecular flexibility index (Phi) is 8.91. The number of guanidine groups is 1. The first-order valence-corrected chi connectivity index (χ1v) is 7.88. The normalized spacial score (nSPS) is 10.9. The summed E-state index contributed by atoms with van der Waals surface area (Å²) in [5, 5.41) is 10.8. The van der Waals surface area contributed by atoms with Crippen molar-refractivity contribution in [1.82, 2.24) is 10.6 Å². The van der Waals surface area contributed by atoms with Crippen molar-refractivity contribution in [2.45, 2.75) is 19.9 Å². The Hall–Kier alpha value is -1.28. The molecule has 2 aromatic rings. The third-order valence-electron chi connectivity index (χ3n) is 2.80. The van der Waals surface area contributed by atoms with Crippen LogP contribution in [0.1, 0.15) is 18.2 Å². The molecule has 0 aliphatic carbocycles. The van der Waals surface area contributed by atoms with Crippen LogP contribution in [0.25, 0.3) is 0 Å². The summed E-state index contributed by atoms with van der Waals surface area (Å²) in [6.45, 7) is 8.06. The van der Waals surface area contributed by atoms with Crippen molar-refractivity contribution in [3.8, 4) is 0 Å². The van der Waals surface area contributed by atoms with Crippen LogP contribution in [0, 0.1) is 0 Å². The highest BCUT2D eigenvalue weighted by atomic mass is 127. The van der Waals surface area contributed by atoms with Gasteiger partial charge in [-0.15, -0.1) is 24.0 Å². The predicted octanol–water partition coefficient (Wildman–Crippen LogP) is 3.81. The first kappa shape index (κ1) is 18.8. The summed E-state index contributed by atoms with van der Waals surface area (Å²) < 4.78 is 5.32. The summed E-state index contributed by atoms with van der Waals surface area (Å²) in [6.07, 6.45) is 2.53. The molecule has 2 heterocycles. The second-order valence-electron chi connectivity index (χ2n) is 4.86. The molecule has 0 saturated heterocycles. The molecule has 0 spiro atoms. The summed E-state index contributed by atoms with van der Waals surface area (Å²) in [6, 6.07) is 5.97. The van der Waals surface area contributed by atoms with Crippen molar-refractivity contribution in [3.63, 3.8) is 0 Å². The Morgan fingerprint density at radius 3 is 2.86 bits per heavy atom. The average Bonchev–Trinajstić information content (AvgIpc) is 3.14. The molecular weight excluding hydrogens is 409 g/mol. The summed E-state index contributed by atoms with van der Waals surface area (Å²) in [5.41, 5.74) is 2.30. The molecule has 2 N–H and O–H groups in total. The molecule has 22 heavy (non-hydrogen) atoms. The summed E-state index contributed by atoms with van der Waals surface area (Å²) in [5.74, 6) is 1.77. The quantitative estimate of drug-likeness (QED) is 0.304. The van der Waals surface area contributed by atoms with Crippen molar-refractivity contribution in [3.05, 3.63) is 58.7 Å². The molecular formula is C16H22IN3OS. The number of halogens is 1. The lowest BCUT2D eigenvalue weighted by atomic mass is 10.3. The topological polar surface area (TPSA) is 49.6 Å². The van der Waals surface area contributed by atoms with Gasteiger partial charge >= 0.3 is 0 Å². The minimum absolute atomic E-state index is 0. The lowest BCUT2D eigenvalue weighted by Crippen LogP contribution is -2.39. The highest BCUT2D eigenvalue weighted by Crippen LogP contribution is 2.06.